The SMILES string of the molecule is OC1=C(C2CC(c3cccnc3)=NN2OCc2cc(-c3ccccc3Cl)n[nH]2)C=CCC1. The lowest BCUT2D eigenvalue weighted by Gasteiger charge is -2.25. The van der Waals surface area contributed by atoms with Gasteiger partial charge in [-0.25, -0.2) is 4.84 Å². The Hall–Kier alpha value is -3.42. The van der Waals surface area contributed by atoms with Crippen LogP contribution in [0.4, 0.5) is 0 Å². The monoisotopic (exact) mass is 447 g/mol. The summed E-state index contributed by atoms with van der Waals surface area (Å²) in [6, 6.07) is 13.1. The van der Waals surface area contributed by atoms with E-state index in [1.54, 1.807) is 17.6 Å². The second kappa shape index (κ2) is 8.98. The molecule has 0 saturated carbocycles. The molecule has 162 valence electrons. The van der Waals surface area contributed by atoms with Gasteiger partial charge in [-0.05, 0) is 24.6 Å². The molecule has 7 nitrogen and oxygen atoms in total. The van der Waals surface area contributed by atoms with Crippen LogP contribution in [0.3, 0.4) is 0 Å². The summed E-state index contributed by atoms with van der Waals surface area (Å²) in [6.07, 6.45) is 9.63. The number of hydrazone groups is 1. The molecule has 1 aromatic carbocycles. The molecule has 0 radical (unpaired) electrons. The number of rotatable bonds is 6. The van der Waals surface area contributed by atoms with Gasteiger partial charge in [0.1, 0.15) is 12.6 Å². The summed E-state index contributed by atoms with van der Waals surface area (Å²) in [4.78, 5) is 10.3. The van der Waals surface area contributed by atoms with Crippen molar-refractivity contribution >= 4 is 17.3 Å². The molecule has 1 unspecified atom stereocenters. The van der Waals surface area contributed by atoms with Gasteiger partial charge in [0.05, 0.1) is 27.9 Å². The summed E-state index contributed by atoms with van der Waals surface area (Å²) in [5, 5.41) is 24.8. The highest BCUT2D eigenvalue weighted by atomic mass is 35.5. The van der Waals surface area contributed by atoms with Crippen molar-refractivity contribution in [3.8, 4) is 11.3 Å². The molecule has 0 spiro atoms. The lowest BCUT2D eigenvalue weighted by atomic mass is 9.94. The Labute approximate surface area is 190 Å². The van der Waals surface area contributed by atoms with Gasteiger partial charge in [0.2, 0.25) is 0 Å². The molecule has 1 aliphatic carbocycles. The minimum Gasteiger partial charge on any atom is -0.512 e. The van der Waals surface area contributed by atoms with Crippen LogP contribution in [-0.4, -0.2) is 37.2 Å². The Bertz CT molecular complexity index is 1200. The van der Waals surface area contributed by atoms with Gasteiger partial charge < -0.3 is 5.11 Å². The minimum absolute atomic E-state index is 0.215. The number of aliphatic hydroxyl groups excluding tert-OH is 1. The number of allylic oxidation sites excluding steroid dienone is 2. The smallest absolute Gasteiger partial charge is 0.118 e. The van der Waals surface area contributed by atoms with Crippen molar-refractivity contribution in [3.63, 3.8) is 0 Å². The number of benzene rings is 1. The van der Waals surface area contributed by atoms with Gasteiger partial charge >= 0.3 is 0 Å². The van der Waals surface area contributed by atoms with E-state index in [0.29, 0.717) is 23.6 Å². The van der Waals surface area contributed by atoms with Crippen LogP contribution >= 0.6 is 11.6 Å². The predicted octanol–water partition coefficient (Wildman–Crippen LogP) is 5.20. The maximum absolute atomic E-state index is 10.5. The number of pyridine rings is 1. The van der Waals surface area contributed by atoms with E-state index in [-0.39, 0.29) is 12.6 Å². The number of hydrogen-bond acceptors (Lipinski definition) is 6. The second-order valence-corrected chi connectivity index (χ2v) is 8.09. The number of aliphatic hydroxyl groups is 1. The van der Waals surface area contributed by atoms with Gasteiger partial charge in [0.25, 0.3) is 0 Å². The van der Waals surface area contributed by atoms with Crippen molar-refractivity contribution < 1.29 is 9.94 Å². The fraction of sp³-hybridized carbons (Fsp3) is 0.208. The van der Waals surface area contributed by atoms with Crippen LogP contribution in [0.1, 0.15) is 30.5 Å². The second-order valence-electron chi connectivity index (χ2n) is 7.69. The normalized spacial score (nSPS) is 18.3. The number of hydroxylamine groups is 1. The summed E-state index contributed by atoms with van der Waals surface area (Å²) in [5.41, 5.74) is 5.04. The standard InChI is InChI=1S/C24H22ClN5O2/c25-20-9-3-1-7-18(20)22-12-17(27-28-22)15-32-30-23(19-8-2-4-10-24(19)31)13-21(29-30)16-6-5-11-26-14-16/h1-3,5-9,11-12,14,23,31H,4,10,13,15H2,(H,27,28). The van der Waals surface area contributed by atoms with Crippen LogP contribution in [0.5, 0.6) is 0 Å². The maximum Gasteiger partial charge on any atom is 0.118 e. The lowest BCUT2D eigenvalue weighted by Crippen LogP contribution is -2.29. The van der Waals surface area contributed by atoms with E-state index in [9.17, 15) is 5.11 Å². The van der Waals surface area contributed by atoms with Crippen molar-refractivity contribution in [3.05, 3.63) is 94.6 Å². The molecule has 1 atom stereocenters. The number of hydrogen-bond donors (Lipinski definition) is 2. The van der Waals surface area contributed by atoms with E-state index in [1.165, 1.54) is 0 Å². The van der Waals surface area contributed by atoms with Crippen molar-refractivity contribution in [1.82, 2.24) is 20.4 Å². The number of aromatic nitrogens is 3. The molecule has 3 aromatic rings. The quantitative estimate of drug-likeness (QED) is 0.542. The zero-order valence-electron chi connectivity index (χ0n) is 17.3. The highest BCUT2D eigenvalue weighted by Crippen LogP contribution is 2.31. The van der Waals surface area contributed by atoms with Crippen LogP contribution in [0.2, 0.25) is 5.02 Å². The first kappa shape index (κ1) is 20.5. The first-order valence-electron chi connectivity index (χ1n) is 10.5. The fourth-order valence-corrected chi connectivity index (χ4v) is 4.13. The van der Waals surface area contributed by atoms with Gasteiger partial charge in [0.15, 0.2) is 0 Å². The van der Waals surface area contributed by atoms with Crippen molar-refractivity contribution in [1.29, 1.82) is 0 Å². The van der Waals surface area contributed by atoms with Gasteiger partial charge in [0, 0.05) is 41.9 Å². The first-order chi connectivity index (χ1) is 15.7. The van der Waals surface area contributed by atoms with E-state index in [0.717, 1.165) is 40.2 Å². The third-order valence-corrected chi connectivity index (χ3v) is 5.87. The van der Waals surface area contributed by atoms with E-state index in [4.69, 9.17) is 21.5 Å². The Morgan fingerprint density at radius 3 is 2.94 bits per heavy atom. The Balaban J connectivity index is 1.37. The van der Waals surface area contributed by atoms with Gasteiger partial charge in [-0.1, -0.05) is 48.0 Å². The summed E-state index contributed by atoms with van der Waals surface area (Å²) in [7, 11) is 0. The molecule has 0 bridgehead atoms. The highest BCUT2D eigenvalue weighted by molar-refractivity contribution is 6.33. The average Bonchev–Trinajstić information content (AvgIpc) is 3.46. The summed E-state index contributed by atoms with van der Waals surface area (Å²) >= 11 is 6.29. The van der Waals surface area contributed by atoms with E-state index < -0.39 is 0 Å². The van der Waals surface area contributed by atoms with E-state index in [1.807, 2.05) is 48.5 Å². The van der Waals surface area contributed by atoms with Gasteiger partial charge in [-0.15, -0.1) is 0 Å². The Morgan fingerprint density at radius 1 is 1.22 bits per heavy atom. The number of halogens is 1. The largest absolute Gasteiger partial charge is 0.512 e. The molecule has 2 aliphatic rings. The molecule has 0 fully saturated rings. The Morgan fingerprint density at radius 2 is 2.12 bits per heavy atom. The van der Waals surface area contributed by atoms with Gasteiger partial charge in [-0.3, -0.25) is 10.1 Å². The van der Waals surface area contributed by atoms with Crippen molar-refractivity contribution in [2.75, 3.05) is 0 Å². The summed E-state index contributed by atoms with van der Waals surface area (Å²) in [6.45, 7) is 0.246. The first-order valence-corrected chi connectivity index (χ1v) is 10.8. The molecule has 5 rings (SSSR count). The lowest BCUT2D eigenvalue weighted by molar-refractivity contribution is -0.181. The molecule has 3 heterocycles. The van der Waals surface area contributed by atoms with Crippen molar-refractivity contribution in [2.45, 2.75) is 31.9 Å². The molecule has 32 heavy (non-hydrogen) atoms. The zero-order valence-corrected chi connectivity index (χ0v) is 18.0. The average molecular weight is 448 g/mol. The van der Waals surface area contributed by atoms with Crippen LogP contribution < -0.4 is 0 Å². The molecular weight excluding hydrogens is 426 g/mol. The topological polar surface area (TPSA) is 86.6 Å². The number of nitrogens with one attached hydrogen (secondary N) is 1. The highest BCUT2D eigenvalue weighted by Gasteiger charge is 2.33. The van der Waals surface area contributed by atoms with E-state index in [2.05, 4.69) is 21.3 Å². The molecular formula is C24H22ClN5O2. The molecule has 1 aliphatic heterocycles. The fourth-order valence-electron chi connectivity index (χ4n) is 3.90. The van der Waals surface area contributed by atoms with Crippen LogP contribution in [0, 0.1) is 0 Å². The number of aromatic amines is 1. The number of nitrogens with zero attached hydrogens (tertiary/aromatic N) is 4. The van der Waals surface area contributed by atoms with Crippen molar-refractivity contribution in [2.24, 2.45) is 5.10 Å². The minimum atomic E-state index is -0.215. The molecule has 2 aromatic heterocycles. The van der Waals surface area contributed by atoms with Crippen LogP contribution in [0.15, 0.2) is 83.4 Å². The third-order valence-electron chi connectivity index (χ3n) is 5.54. The molecule has 8 heteroatoms. The van der Waals surface area contributed by atoms with Crippen LogP contribution in [-0.2, 0) is 11.4 Å². The molecule has 2 N–H and O–H groups in total. The number of H-pyrrole nitrogens is 1. The van der Waals surface area contributed by atoms with Crippen LogP contribution in [0.25, 0.3) is 11.3 Å². The summed E-state index contributed by atoms with van der Waals surface area (Å²) < 4.78 is 0. The van der Waals surface area contributed by atoms with E-state index >= 15 is 0 Å². The molecule has 0 amide bonds. The zero-order chi connectivity index (χ0) is 21.9. The summed E-state index contributed by atoms with van der Waals surface area (Å²) in [5.74, 6) is 0.385. The maximum atomic E-state index is 10.5. The van der Waals surface area contributed by atoms with Gasteiger partial charge in [-0.2, -0.15) is 15.4 Å². The third kappa shape index (κ3) is 4.17. The molecule has 0 saturated heterocycles. The predicted molar refractivity (Wildman–Crippen MR) is 123 cm³/mol. The Kier molecular flexibility index (Phi) is 5.75.